The number of imidazole rings is 1. The molecule has 0 radical (unpaired) electrons. The lowest BCUT2D eigenvalue weighted by molar-refractivity contribution is 0.00582. The molecule has 2 fully saturated rings. The van der Waals surface area contributed by atoms with E-state index in [0.717, 1.165) is 61.6 Å². The molecule has 1 saturated carbocycles. The van der Waals surface area contributed by atoms with Gasteiger partial charge in [-0.05, 0) is 50.6 Å². The number of nitrogens with zero attached hydrogens (tertiary/aromatic N) is 8. The van der Waals surface area contributed by atoms with E-state index < -0.39 is 0 Å². The molecule has 2 aliphatic rings. The van der Waals surface area contributed by atoms with Crippen molar-refractivity contribution in [3.05, 3.63) is 42.9 Å². The summed E-state index contributed by atoms with van der Waals surface area (Å²) >= 11 is 0. The maximum atomic E-state index is 4.93. The number of anilines is 1. The standard InChI is InChI=1S/C21H25N9/c1-27-12-14-28(15-13-27)21(7-3-8-21)24-20-23-19(17-4-2-10-29(17)26-20)16-5-6-18-22-9-11-30(18)25-16/h2,4-6,9-11H,3,7-8,12-15H2,1H3,(H,24,26). The van der Waals surface area contributed by atoms with Gasteiger partial charge in [0, 0.05) is 44.8 Å². The smallest absolute Gasteiger partial charge is 0.243 e. The van der Waals surface area contributed by atoms with Gasteiger partial charge in [-0.1, -0.05) is 0 Å². The zero-order valence-electron chi connectivity index (χ0n) is 17.1. The Bertz CT molecular complexity index is 1200. The van der Waals surface area contributed by atoms with Crippen molar-refractivity contribution in [1.82, 2.24) is 39.0 Å². The highest BCUT2D eigenvalue weighted by atomic mass is 15.4. The highest BCUT2D eigenvalue weighted by molar-refractivity contribution is 5.75. The van der Waals surface area contributed by atoms with Gasteiger partial charge in [-0.2, -0.15) is 5.10 Å². The molecule has 154 valence electrons. The SMILES string of the molecule is CN1CCN(C2(Nc3nc(-c4ccc5nccn5n4)c4cccn4n3)CCC2)CC1. The molecule has 6 rings (SSSR count). The summed E-state index contributed by atoms with van der Waals surface area (Å²) in [6.45, 7) is 4.34. The van der Waals surface area contributed by atoms with Gasteiger partial charge in [-0.3, -0.25) is 4.90 Å². The minimum Gasteiger partial charge on any atom is -0.335 e. The molecule has 1 aliphatic heterocycles. The number of hydrogen-bond acceptors (Lipinski definition) is 7. The van der Waals surface area contributed by atoms with Gasteiger partial charge in [0.1, 0.15) is 11.4 Å². The van der Waals surface area contributed by atoms with Gasteiger partial charge in [0.05, 0.1) is 11.2 Å². The Hall–Kier alpha value is -3.04. The summed E-state index contributed by atoms with van der Waals surface area (Å²) in [5, 5.41) is 13.2. The van der Waals surface area contributed by atoms with Crippen LogP contribution in [0.4, 0.5) is 5.95 Å². The Morgan fingerprint density at radius 3 is 2.63 bits per heavy atom. The van der Waals surface area contributed by atoms with Crippen molar-refractivity contribution in [2.75, 3.05) is 38.5 Å². The lowest BCUT2D eigenvalue weighted by atomic mass is 9.82. The fourth-order valence-corrected chi connectivity index (χ4v) is 4.59. The first-order chi connectivity index (χ1) is 14.7. The number of fused-ring (bicyclic) bond motifs is 2. The maximum Gasteiger partial charge on any atom is 0.243 e. The van der Waals surface area contributed by atoms with Crippen molar-refractivity contribution in [3.8, 4) is 11.4 Å². The molecule has 30 heavy (non-hydrogen) atoms. The van der Waals surface area contributed by atoms with Gasteiger partial charge in [-0.15, -0.1) is 5.10 Å². The average molecular weight is 403 g/mol. The molecule has 1 saturated heterocycles. The van der Waals surface area contributed by atoms with Crippen LogP contribution in [0.3, 0.4) is 0 Å². The summed E-state index contributed by atoms with van der Waals surface area (Å²) in [6.07, 6.45) is 9.05. The number of nitrogens with one attached hydrogen (secondary N) is 1. The molecule has 0 bridgehead atoms. The summed E-state index contributed by atoms with van der Waals surface area (Å²) in [5.74, 6) is 0.653. The van der Waals surface area contributed by atoms with Crippen molar-refractivity contribution in [2.24, 2.45) is 0 Å². The summed E-state index contributed by atoms with van der Waals surface area (Å²) in [4.78, 5) is 14.2. The molecule has 9 heteroatoms. The summed E-state index contributed by atoms with van der Waals surface area (Å²) in [5.41, 5.74) is 3.34. The van der Waals surface area contributed by atoms with Gasteiger partial charge in [0.2, 0.25) is 5.95 Å². The van der Waals surface area contributed by atoms with E-state index in [-0.39, 0.29) is 5.66 Å². The third-order valence-electron chi connectivity index (χ3n) is 6.52. The molecular formula is C21H25N9. The molecule has 0 atom stereocenters. The Balaban J connectivity index is 1.39. The molecular weight excluding hydrogens is 378 g/mol. The Kier molecular flexibility index (Phi) is 4.00. The van der Waals surface area contributed by atoms with Gasteiger partial charge in [0.25, 0.3) is 0 Å². The average Bonchev–Trinajstić information content (AvgIpc) is 3.39. The van der Waals surface area contributed by atoms with E-state index in [4.69, 9.17) is 15.2 Å². The van der Waals surface area contributed by atoms with Crippen LogP contribution in [0.5, 0.6) is 0 Å². The second-order valence-corrected chi connectivity index (χ2v) is 8.37. The van der Waals surface area contributed by atoms with Gasteiger partial charge in [0.15, 0.2) is 5.65 Å². The number of piperazine rings is 1. The summed E-state index contributed by atoms with van der Waals surface area (Å²) in [7, 11) is 2.19. The first kappa shape index (κ1) is 17.8. The minimum atomic E-state index is -0.0406. The van der Waals surface area contributed by atoms with Crippen LogP contribution >= 0.6 is 0 Å². The number of rotatable bonds is 4. The van der Waals surface area contributed by atoms with E-state index in [2.05, 4.69) is 27.1 Å². The van der Waals surface area contributed by atoms with Crippen LogP contribution in [-0.4, -0.2) is 77.9 Å². The van der Waals surface area contributed by atoms with Crippen molar-refractivity contribution in [3.63, 3.8) is 0 Å². The van der Waals surface area contributed by atoms with Gasteiger partial charge >= 0.3 is 0 Å². The van der Waals surface area contributed by atoms with E-state index in [9.17, 15) is 0 Å². The molecule has 0 unspecified atom stereocenters. The Morgan fingerprint density at radius 2 is 1.83 bits per heavy atom. The molecule has 5 heterocycles. The lowest BCUT2D eigenvalue weighted by Crippen LogP contribution is -2.63. The van der Waals surface area contributed by atoms with Gasteiger partial charge < -0.3 is 10.2 Å². The highest BCUT2D eigenvalue weighted by Gasteiger charge is 2.44. The second-order valence-electron chi connectivity index (χ2n) is 8.37. The van der Waals surface area contributed by atoms with Crippen LogP contribution < -0.4 is 5.32 Å². The van der Waals surface area contributed by atoms with Crippen molar-refractivity contribution < 1.29 is 0 Å². The first-order valence-corrected chi connectivity index (χ1v) is 10.6. The molecule has 4 aromatic heterocycles. The van der Waals surface area contributed by atoms with Crippen LogP contribution in [0.25, 0.3) is 22.6 Å². The van der Waals surface area contributed by atoms with Crippen LogP contribution in [0, 0.1) is 0 Å². The predicted molar refractivity (Wildman–Crippen MR) is 114 cm³/mol. The molecule has 0 amide bonds. The molecule has 1 aliphatic carbocycles. The number of likely N-dealkylation sites (N-methyl/N-ethyl adjacent to an activating group) is 1. The van der Waals surface area contributed by atoms with E-state index >= 15 is 0 Å². The summed E-state index contributed by atoms with van der Waals surface area (Å²) in [6, 6.07) is 7.96. The zero-order chi connectivity index (χ0) is 20.1. The van der Waals surface area contributed by atoms with E-state index in [1.54, 1.807) is 10.7 Å². The van der Waals surface area contributed by atoms with E-state index in [0.29, 0.717) is 5.95 Å². The fourth-order valence-electron chi connectivity index (χ4n) is 4.59. The van der Waals surface area contributed by atoms with Gasteiger partial charge in [-0.25, -0.2) is 19.0 Å². The van der Waals surface area contributed by atoms with Crippen molar-refractivity contribution >= 4 is 17.1 Å². The van der Waals surface area contributed by atoms with Crippen LogP contribution in [0.2, 0.25) is 0 Å². The topological polar surface area (TPSA) is 78.9 Å². The normalized spacial score (nSPS) is 19.9. The van der Waals surface area contributed by atoms with Crippen LogP contribution in [0.1, 0.15) is 19.3 Å². The van der Waals surface area contributed by atoms with Crippen LogP contribution in [0.15, 0.2) is 42.9 Å². The molecule has 1 N–H and O–H groups in total. The van der Waals surface area contributed by atoms with E-state index in [1.165, 1.54) is 6.42 Å². The lowest BCUT2D eigenvalue weighted by Gasteiger charge is -2.52. The van der Waals surface area contributed by atoms with E-state index in [1.807, 2.05) is 41.2 Å². The first-order valence-electron chi connectivity index (χ1n) is 10.6. The molecule has 0 spiro atoms. The minimum absolute atomic E-state index is 0.0406. The monoisotopic (exact) mass is 403 g/mol. The highest BCUT2D eigenvalue weighted by Crippen LogP contribution is 2.38. The van der Waals surface area contributed by atoms with Crippen molar-refractivity contribution in [1.29, 1.82) is 0 Å². The predicted octanol–water partition coefficient (Wildman–Crippen LogP) is 1.98. The Morgan fingerprint density at radius 1 is 0.967 bits per heavy atom. The molecule has 9 nitrogen and oxygen atoms in total. The van der Waals surface area contributed by atoms with Crippen molar-refractivity contribution in [2.45, 2.75) is 24.9 Å². The third kappa shape index (κ3) is 2.85. The molecule has 0 aromatic carbocycles. The number of aromatic nitrogens is 6. The third-order valence-corrected chi connectivity index (χ3v) is 6.52. The number of hydrogen-bond donors (Lipinski definition) is 1. The fraction of sp³-hybridized carbons (Fsp3) is 0.429. The Labute approximate surface area is 174 Å². The quantitative estimate of drug-likeness (QED) is 0.558. The summed E-state index contributed by atoms with van der Waals surface area (Å²) < 4.78 is 3.67. The largest absolute Gasteiger partial charge is 0.335 e. The maximum absolute atomic E-state index is 4.93. The van der Waals surface area contributed by atoms with Crippen LogP contribution in [-0.2, 0) is 0 Å². The zero-order valence-corrected chi connectivity index (χ0v) is 17.1. The second kappa shape index (κ2) is 6.75. The molecule has 4 aromatic rings.